The number of thiophene rings is 1. The Balaban J connectivity index is 1.38. The van der Waals surface area contributed by atoms with Crippen molar-refractivity contribution in [1.29, 1.82) is 0 Å². The molecule has 0 bridgehead atoms. The molecule has 0 saturated carbocycles. The van der Waals surface area contributed by atoms with E-state index in [1.807, 2.05) is 17.2 Å². The van der Waals surface area contributed by atoms with Crippen molar-refractivity contribution in [2.24, 2.45) is 0 Å². The van der Waals surface area contributed by atoms with Crippen molar-refractivity contribution in [3.05, 3.63) is 60.9 Å². The van der Waals surface area contributed by atoms with Gasteiger partial charge in [-0.2, -0.15) is 10.1 Å². The standard InChI is InChI=1S/C23H20N6OS/c30-17-6-8-29(13-17)23-24-7-5-21(27-23)26-16-9-15-12-25-28-22(15)18(11-16)20-10-14-3-1-2-4-19(14)31-20/h1-5,7,9-12,17,30H,6,8,13H2,(H,25,28)(H,24,26,27). The van der Waals surface area contributed by atoms with Gasteiger partial charge in [-0.15, -0.1) is 11.3 Å². The molecule has 154 valence electrons. The molecule has 1 aliphatic heterocycles. The molecule has 8 heteroatoms. The van der Waals surface area contributed by atoms with Crippen LogP contribution in [-0.4, -0.2) is 44.5 Å². The Labute approximate surface area is 182 Å². The van der Waals surface area contributed by atoms with E-state index in [-0.39, 0.29) is 6.10 Å². The first-order chi connectivity index (χ1) is 15.2. The van der Waals surface area contributed by atoms with Gasteiger partial charge in [-0.3, -0.25) is 5.10 Å². The van der Waals surface area contributed by atoms with Crippen LogP contribution in [-0.2, 0) is 0 Å². The molecule has 1 fully saturated rings. The second kappa shape index (κ2) is 7.33. The number of hydrogen-bond acceptors (Lipinski definition) is 7. The van der Waals surface area contributed by atoms with Crippen molar-refractivity contribution in [1.82, 2.24) is 20.2 Å². The fraction of sp³-hybridized carbons (Fsp3) is 0.174. The molecule has 1 saturated heterocycles. The van der Waals surface area contributed by atoms with E-state index in [1.54, 1.807) is 17.5 Å². The van der Waals surface area contributed by atoms with E-state index in [0.29, 0.717) is 12.5 Å². The zero-order valence-electron chi connectivity index (χ0n) is 16.6. The summed E-state index contributed by atoms with van der Waals surface area (Å²) in [5.74, 6) is 1.35. The lowest BCUT2D eigenvalue weighted by Crippen LogP contribution is -2.23. The van der Waals surface area contributed by atoms with Crippen LogP contribution >= 0.6 is 11.3 Å². The molecule has 3 aromatic heterocycles. The minimum Gasteiger partial charge on any atom is -0.391 e. The molecule has 4 heterocycles. The number of benzene rings is 2. The van der Waals surface area contributed by atoms with Gasteiger partial charge < -0.3 is 15.3 Å². The fourth-order valence-corrected chi connectivity index (χ4v) is 5.17. The number of β-amino-alcohol motifs (C(OH)–C–C–N with tert-alkyl or cyclic N) is 1. The van der Waals surface area contributed by atoms with Gasteiger partial charge in [-0.1, -0.05) is 18.2 Å². The van der Waals surface area contributed by atoms with E-state index >= 15 is 0 Å². The number of fused-ring (bicyclic) bond motifs is 2. The SMILES string of the molecule is OC1CCN(c2nccc(Nc3cc(-c4cc5ccccc5s4)c4[nH]ncc4c3)n2)C1. The highest BCUT2D eigenvalue weighted by molar-refractivity contribution is 7.22. The van der Waals surface area contributed by atoms with Crippen molar-refractivity contribution in [2.75, 3.05) is 23.3 Å². The van der Waals surface area contributed by atoms with Crippen LogP contribution in [0.1, 0.15) is 6.42 Å². The van der Waals surface area contributed by atoms with Crippen molar-refractivity contribution < 1.29 is 5.11 Å². The Hall–Kier alpha value is -3.49. The van der Waals surface area contributed by atoms with Crippen LogP contribution in [0.25, 0.3) is 31.4 Å². The molecule has 1 unspecified atom stereocenters. The van der Waals surface area contributed by atoms with E-state index in [9.17, 15) is 5.11 Å². The zero-order valence-corrected chi connectivity index (χ0v) is 17.4. The number of anilines is 3. The second-order valence-electron chi connectivity index (χ2n) is 7.76. The largest absolute Gasteiger partial charge is 0.391 e. The fourth-order valence-electron chi connectivity index (χ4n) is 4.08. The number of aliphatic hydroxyl groups is 1. The van der Waals surface area contributed by atoms with Crippen LogP contribution in [0.4, 0.5) is 17.5 Å². The minimum absolute atomic E-state index is 0.312. The Morgan fingerprint density at radius 3 is 2.94 bits per heavy atom. The van der Waals surface area contributed by atoms with Gasteiger partial charge in [0.15, 0.2) is 0 Å². The minimum atomic E-state index is -0.312. The molecule has 0 spiro atoms. The van der Waals surface area contributed by atoms with Crippen LogP contribution < -0.4 is 10.2 Å². The number of aromatic amines is 1. The van der Waals surface area contributed by atoms with Gasteiger partial charge in [0.1, 0.15) is 5.82 Å². The molecule has 0 aliphatic carbocycles. The van der Waals surface area contributed by atoms with E-state index in [4.69, 9.17) is 0 Å². The Morgan fingerprint density at radius 2 is 2.06 bits per heavy atom. The third-order valence-electron chi connectivity index (χ3n) is 5.60. The van der Waals surface area contributed by atoms with Gasteiger partial charge >= 0.3 is 0 Å². The predicted molar refractivity (Wildman–Crippen MR) is 125 cm³/mol. The lowest BCUT2D eigenvalue weighted by atomic mass is 10.1. The number of nitrogens with one attached hydrogen (secondary N) is 2. The molecule has 31 heavy (non-hydrogen) atoms. The molecule has 7 nitrogen and oxygen atoms in total. The summed E-state index contributed by atoms with van der Waals surface area (Å²) in [5, 5.41) is 22.9. The van der Waals surface area contributed by atoms with Gasteiger partial charge in [0, 0.05) is 45.5 Å². The van der Waals surface area contributed by atoms with Crippen LogP contribution in [0.3, 0.4) is 0 Å². The summed E-state index contributed by atoms with van der Waals surface area (Å²) in [4.78, 5) is 12.2. The smallest absolute Gasteiger partial charge is 0.227 e. The third-order valence-corrected chi connectivity index (χ3v) is 6.75. The zero-order chi connectivity index (χ0) is 20.8. The molecule has 0 amide bonds. The Morgan fingerprint density at radius 1 is 1.13 bits per heavy atom. The predicted octanol–water partition coefficient (Wildman–Crippen LogP) is 4.55. The summed E-state index contributed by atoms with van der Waals surface area (Å²) in [6.45, 7) is 1.34. The molecular weight excluding hydrogens is 408 g/mol. The molecular formula is C23H20N6OS. The number of rotatable bonds is 4. The molecule has 6 rings (SSSR count). The number of aromatic nitrogens is 4. The molecule has 3 N–H and O–H groups in total. The van der Waals surface area contributed by atoms with Crippen LogP contribution in [0.15, 0.2) is 60.9 Å². The first kappa shape index (κ1) is 18.3. The number of aliphatic hydroxyl groups excluding tert-OH is 1. The van der Waals surface area contributed by atoms with E-state index in [0.717, 1.165) is 40.9 Å². The van der Waals surface area contributed by atoms with Crippen molar-refractivity contribution in [3.63, 3.8) is 0 Å². The summed E-state index contributed by atoms with van der Waals surface area (Å²) < 4.78 is 1.26. The van der Waals surface area contributed by atoms with Gasteiger partial charge in [0.05, 0.1) is 17.8 Å². The Bertz CT molecular complexity index is 1360. The average Bonchev–Trinajstić information content (AvgIpc) is 3.52. The van der Waals surface area contributed by atoms with Crippen LogP contribution in [0.5, 0.6) is 0 Å². The van der Waals surface area contributed by atoms with E-state index in [1.165, 1.54) is 15.0 Å². The summed E-state index contributed by atoms with van der Waals surface area (Å²) in [7, 11) is 0. The topological polar surface area (TPSA) is 90.0 Å². The highest BCUT2D eigenvalue weighted by Crippen LogP contribution is 2.38. The molecule has 2 aromatic carbocycles. The van der Waals surface area contributed by atoms with E-state index < -0.39 is 0 Å². The molecule has 1 aliphatic rings. The molecule has 5 aromatic rings. The van der Waals surface area contributed by atoms with Gasteiger partial charge in [-0.05, 0) is 42.1 Å². The Kier molecular flexibility index (Phi) is 4.33. The summed E-state index contributed by atoms with van der Waals surface area (Å²) in [6, 6.07) is 16.7. The molecule has 0 radical (unpaired) electrons. The number of hydrogen-bond donors (Lipinski definition) is 3. The second-order valence-corrected chi connectivity index (χ2v) is 8.85. The lowest BCUT2D eigenvalue weighted by molar-refractivity contribution is 0.198. The van der Waals surface area contributed by atoms with Crippen LogP contribution in [0.2, 0.25) is 0 Å². The van der Waals surface area contributed by atoms with Crippen molar-refractivity contribution >= 4 is 49.8 Å². The van der Waals surface area contributed by atoms with Gasteiger partial charge in [-0.25, -0.2) is 4.98 Å². The maximum absolute atomic E-state index is 9.82. The van der Waals surface area contributed by atoms with E-state index in [2.05, 4.69) is 67.9 Å². The lowest BCUT2D eigenvalue weighted by Gasteiger charge is -2.16. The summed E-state index contributed by atoms with van der Waals surface area (Å²) in [6.07, 6.45) is 4.02. The normalized spacial score (nSPS) is 16.4. The quantitative estimate of drug-likeness (QED) is 0.389. The first-order valence-corrected chi connectivity index (χ1v) is 11.0. The highest BCUT2D eigenvalue weighted by Gasteiger charge is 2.22. The van der Waals surface area contributed by atoms with Crippen molar-refractivity contribution in [3.8, 4) is 10.4 Å². The maximum Gasteiger partial charge on any atom is 0.227 e. The van der Waals surface area contributed by atoms with Crippen LogP contribution in [0, 0.1) is 0 Å². The summed E-state index contributed by atoms with van der Waals surface area (Å²) >= 11 is 1.77. The highest BCUT2D eigenvalue weighted by atomic mass is 32.1. The monoisotopic (exact) mass is 428 g/mol. The number of H-pyrrole nitrogens is 1. The average molecular weight is 429 g/mol. The van der Waals surface area contributed by atoms with Gasteiger partial charge in [0.2, 0.25) is 5.95 Å². The van der Waals surface area contributed by atoms with Gasteiger partial charge in [0.25, 0.3) is 0 Å². The third kappa shape index (κ3) is 3.39. The number of nitrogens with zero attached hydrogens (tertiary/aromatic N) is 4. The maximum atomic E-state index is 9.82. The molecule has 1 atom stereocenters. The summed E-state index contributed by atoms with van der Waals surface area (Å²) in [5.41, 5.74) is 3.06. The van der Waals surface area contributed by atoms with Crippen molar-refractivity contribution in [2.45, 2.75) is 12.5 Å². The first-order valence-electron chi connectivity index (χ1n) is 10.2.